The number of benzene rings is 3. The van der Waals surface area contributed by atoms with Crippen molar-refractivity contribution in [2.45, 2.75) is 6.92 Å². The molecule has 9 nitrogen and oxygen atoms in total. The Hall–Kier alpha value is -4.02. The lowest BCUT2D eigenvalue weighted by molar-refractivity contribution is -0.384. The normalized spacial score (nSPS) is 13.8. The van der Waals surface area contributed by atoms with Gasteiger partial charge in [0.05, 0.1) is 26.6 Å². The maximum atomic E-state index is 12.5. The average Bonchev–Trinajstić information content (AvgIpc) is 3.23. The van der Waals surface area contributed by atoms with Gasteiger partial charge in [0.25, 0.3) is 5.69 Å². The summed E-state index contributed by atoms with van der Waals surface area (Å²) in [5, 5.41) is 11.0. The number of halogens is 2. The van der Waals surface area contributed by atoms with Gasteiger partial charge in [-0.15, -0.1) is 0 Å². The molecule has 37 heavy (non-hydrogen) atoms. The number of carbonyl (C=O) groups excluding carboxylic acids is 2. The summed E-state index contributed by atoms with van der Waals surface area (Å²) in [6.45, 7) is 1.94. The van der Waals surface area contributed by atoms with Crippen molar-refractivity contribution in [3.8, 4) is 11.5 Å². The molecule has 0 amide bonds. The number of esters is 1. The van der Waals surface area contributed by atoms with Gasteiger partial charge in [0.2, 0.25) is 5.90 Å². The van der Waals surface area contributed by atoms with E-state index in [4.69, 9.17) is 25.8 Å². The first kappa shape index (κ1) is 26.1. The highest BCUT2D eigenvalue weighted by atomic mass is 79.9. The fourth-order valence-electron chi connectivity index (χ4n) is 3.39. The zero-order valence-electron chi connectivity index (χ0n) is 19.3. The molecule has 0 atom stereocenters. The molecule has 0 N–H and O–H groups in total. The molecule has 0 bridgehead atoms. The molecule has 4 rings (SSSR count). The van der Waals surface area contributed by atoms with Crippen molar-refractivity contribution in [2.75, 3.05) is 13.2 Å². The monoisotopic (exact) mass is 584 g/mol. The van der Waals surface area contributed by atoms with Crippen molar-refractivity contribution in [2.24, 2.45) is 4.99 Å². The number of ketones is 1. The molecule has 0 fully saturated rings. The molecule has 3 aromatic carbocycles. The van der Waals surface area contributed by atoms with Crippen molar-refractivity contribution in [3.05, 3.63) is 103 Å². The molecule has 0 saturated carbocycles. The molecule has 1 aliphatic rings. The van der Waals surface area contributed by atoms with Crippen LogP contribution in [0.1, 0.15) is 28.4 Å². The second-order valence-electron chi connectivity index (χ2n) is 7.60. The lowest BCUT2D eigenvalue weighted by Crippen LogP contribution is -2.12. The van der Waals surface area contributed by atoms with E-state index < -0.39 is 10.9 Å². The van der Waals surface area contributed by atoms with E-state index in [1.54, 1.807) is 43.3 Å². The van der Waals surface area contributed by atoms with Crippen LogP contribution < -0.4 is 9.47 Å². The highest BCUT2D eigenvalue weighted by Crippen LogP contribution is 2.38. The first-order valence-corrected chi connectivity index (χ1v) is 12.1. The molecule has 0 spiro atoms. The summed E-state index contributed by atoms with van der Waals surface area (Å²) in [6.07, 6.45) is 1.49. The molecular weight excluding hydrogens is 568 g/mol. The second kappa shape index (κ2) is 11.4. The van der Waals surface area contributed by atoms with E-state index in [9.17, 15) is 19.7 Å². The number of rotatable bonds is 9. The maximum absolute atomic E-state index is 12.5. The van der Waals surface area contributed by atoms with Gasteiger partial charge in [0, 0.05) is 17.7 Å². The van der Waals surface area contributed by atoms with Gasteiger partial charge in [0.15, 0.2) is 29.6 Å². The van der Waals surface area contributed by atoms with Crippen LogP contribution in [0.4, 0.5) is 5.69 Å². The number of hydrogen-bond acceptors (Lipinski definition) is 8. The number of cyclic esters (lactones) is 1. The van der Waals surface area contributed by atoms with Gasteiger partial charge in [-0.3, -0.25) is 14.9 Å². The number of nitro benzene ring substituents is 1. The van der Waals surface area contributed by atoms with Crippen molar-refractivity contribution in [1.29, 1.82) is 0 Å². The largest absolute Gasteiger partial charge is 0.490 e. The lowest BCUT2D eigenvalue weighted by Gasteiger charge is -2.14. The smallest absolute Gasteiger partial charge is 0.363 e. The molecule has 0 aromatic heterocycles. The predicted molar refractivity (Wildman–Crippen MR) is 140 cm³/mol. The number of aliphatic imine (C=N–C) groups is 1. The third kappa shape index (κ3) is 6.04. The Morgan fingerprint density at radius 3 is 2.59 bits per heavy atom. The van der Waals surface area contributed by atoms with Crippen LogP contribution in [0.2, 0.25) is 5.02 Å². The minimum Gasteiger partial charge on any atom is -0.490 e. The van der Waals surface area contributed by atoms with E-state index in [1.807, 2.05) is 6.07 Å². The average molecular weight is 586 g/mol. The van der Waals surface area contributed by atoms with Crippen LogP contribution in [0.3, 0.4) is 0 Å². The Bertz CT molecular complexity index is 1450. The number of nitrogens with zero attached hydrogens (tertiary/aromatic N) is 2. The zero-order valence-corrected chi connectivity index (χ0v) is 21.6. The van der Waals surface area contributed by atoms with Crippen LogP contribution in [-0.2, 0) is 9.53 Å². The summed E-state index contributed by atoms with van der Waals surface area (Å²) < 4.78 is 17.2. The molecule has 1 aliphatic heterocycles. The van der Waals surface area contributed by atoms with Crippen molar-refractivity contribution in [1.82, 2.24) is 0 Å². The van der Waals surface area contributed by atoms with Gasteiger partial charge in [-0.1, -0.05) is 41.9 Å². The van der Waals surface area contributed by atoms with Gasteiger partial charge in [-0.25, -0.2) is 9.79 Å². The van der Waals surface area contributed by atoms with E-state index in [0.717, 1.165) is 6.07 Å². The summed E-state index contributed by atoms with van der Waals surface area (Å²) in [4.78, 5) is 39.5. The van der Waals surface area contributed by atoms with E-state index in [-0.39, 0.29) is 40.3 Å². The number of nitro groups is 1. The Balaban J connectivity index is 1.60. The first-order chi connectivity index (χ1) is 17.8. The topological polar surface area (TPSA) is 117 Å². The SMILES string of the molecule is CCOc1cc(/C=C2\N=C(c3ccc([N+](=O)[O-])cc3Cl)OC2=O)cc(Br)c1OCC(=O)c1ccccc1. The Labute approximate surface area is 224 Å². The van der Waals surface area contributed by atoms with Crippen LogP contribution in [0.25, 0.3) is 6.08 Å². The van der Waals surface area contributed by atoms with Crippen LogP contribution in [0.5, 0.6) is 11.5 Å². The first-order valence-electron chi connectivity index (χ1n) is 10.9. The number of hydrogen-bond donors (Lipinski definition) is 0. The summed E-state index contributed by atoms with van der Waals surface area (Å²) in [5.74, 6) is -0.281. The van der Waals surface area contributed by atoms with Gasteiger partial charge < -0.3 is 14.2 Å². The Kier molecular flexibility index (Phi) is 8.00. The molecule has 3 aromatic rings. The lowest BCUT2D eigenvalue weighted by atomic mass is 10.1. The molecule has 188 valence electrons. The Morgan fingerprint density at radius 2 is 1.92 bits per heavy atom. The summed E-state index contributed by atoms with van der Waals surface area (Å²) in [7, 11) is 0. The van der Waals surface area contributed by atoms with Crippen molar-refractivity contribution >= 4 is 56.9 Å². The highest BCUT2D eigenvalue weighted by molar-refractivity contribution is 9.10. The number of non-ortho nitro benzene ring substituents is 1. The van der Waals surface area contributed by atoms with Crippen LogP contribution in [0, 0.1) is 10.1 Å². The molecule has 0 saturated heterocycles. The van der Waals surface area contributed by atoms with Gasteiger partial charge in [-0.2, -0.15) is 0 Å². The van der Waals surface area contributed by atoms with E-state index in [0.29, 0.717) is 33.7 Å². The predicted octanol–water partition coefficient (Wildman–Crippen LogP) is 6.02. The minimum absolute atomic E-state index is 0.00769. The number of ether oxygens (including phenoxy) is 3. The van der Waals surface area contributed by atoms with Crippen molar-refractivity contribution in [3.63, 3.8) is 0 Å². The van der Waals surface area contributed by atoms with Crippen molar-refractivity contribution < 1.29 is 28.7 Å². The maximum Gasteiger partial charge on any atom is 0.363 e. The third-order valence-corrected chi connectivity index (χ3v) is 5.99. The summed E-state index contributed by atoms with van der Waals surface area (Å²) >= 11 is 9.58. The fourth-order valence-corrected chi connectivity index (χ4v) is 4.22. The number of Topliss-reactive ketones (excluding diaryl/α,β-unsaturated/α-hetero) is 1. The summed E-state index contributed by atoms with van der Waals surface area (Å²) in [5.41, 5.74) is 1.11. The molecule has 0 unspecified atom stereocenters. The molecule has 0 aliphatic carbocycles. The van der Waals surface area contributed by atoms with Crippen LogP contribution in [-0.4, -0.2) is 35.8 Å². The molecular formula is C26H18BrClN2O7. The molecule has 0 radical (unpaired) electrons. The molecule has 1 heterocycles. The van der Waals surface area contributed by atoms with Gasteiger partial charge in [-0.05, 0) is 52.7 Å². The fraction of sp³-hybridized carbons (Fsp3) is 0.115. The minimum atomic E-state index is -0.715. The number of carbonyl (C=O) groups is 2. The van der Waals surface area contributed by atoms with Crippen LogP contribution >= 0.6 is 27.5 Å². The van der Waals surface area contributed by atoms with Gasteiger partial charge >= 0.3 is 5.97 Å². The van der Waals surface area contributed by atoms with E-state index in [2.05, 4.69) is 20.9 Å². The van der Waals surface area contributed by atoms with E-state index in [1.165, 1.54) is 18.2 Å². The quantitative estimate of drug-likeness (QED) is 0.0991. The van der Waals surface area contributed by atoms with Crippen LogP contribution in [0.15, 0.2) is 75.8 Å². The standard InChI is InChI=1S/C26H18BrClN2O7/c1-2-35-23-12-15(10-19(27)24(23)36-14-22(31)16-6-4-3-5-7-16)11-21-26(32)37-25(29-21)18-9-8-17(30(33)34)13-20(18)28/h3-13H,2,14H2,1H3/b21-11-. The van der Waals surface area contributed by atoms with E-state index >= 15 is 0 Å². The molecule has 11 heteroatoms. The van der Waals surface area contributed by atoms with Gasteiger partial charge in [0.1, 0.15) is 0 Å². The summed E-state index contributed by atoms with van der Waals surface area (Å²) in [6, 6.07) is 15.9. The Morgan fingerprint density at radius 1 is 1.16 bits per heavy atom. The third-order valence-electron chi connectivity index (χ3n) is 5.09. The zero-order chi connectivity index (χ0) is 26.5. The highest BCUT2D eigenvalue weighted by Gasteiger charge is 2.27. The second-order valence-corrected chi connectivity index (χ2v) is 8.86.